The summed E-state index contributed by atoms with van der Waals surface area (Å²) in [6, 6.07) is 10.7. The Labute approximate surface area is 195 Å². The minimum atomic E-state index is 0.397. The van der Waals surface area contributed by atoms with Gasteiger partial charge in [0.2, 0.25) is 5.69 Å². The second kappa shape index (κ2) is 8.54. The molecule has 0 amide bonds. The molecule has 0 radical (unpaired) electrons. The molecule has 1 aliphatic carbocycles. The number of aromatic nitrogens is 2. The molecule has 2 aromatic heterocycles. The second-order valence-electron chi connectivity index (χ2n) is 9.50. The van der Waals surface area contributed by atoms with Crippen LogP contribution in [0, 0.1) is 12.8 Å². The molecule has 33 heavy (non-hydrogen) atoms. The molecule has 1 saturated heterocycles. The van der Waals surface area contributed by atoms with Crippen molar-refractivity contribution in [3.8, 4) is 28.6 Å². The average molecular weight is 453 g/mol. The molecular formula is C26H34N3O4+. The lowest BCUT2D eigenvalue weighted by molar-refractivity contribution is 0.157. The molecule has 1 saturated carbocycles. The van der Waals surface area contributed by atoms with Crippen LogP contribution in [0.4, 0.5) is 5.69 Å². The van der Waals surface area contributed by atoms with Crippen molar-refractivity contribution in [2.45, 2.75) is 32.2 Å². The number of aryl methyl sites for hydroxylation is 1. The fourth-order valence-electron chi connectivity index (χ4n) is 5.40. The molecule has 0 N–H and O–H groups in total. The normalized spacial score (nSPS) is 20.1. The van der Waals surface area contributed by atoms with Gasteiger partial charge in [-0.1, -0.05) is 6.07 Å². The van der Waals surface area contributed by atoms with Gasteiger partial charge < -0.3 is 18.9 Å². The summed E-state index contributed by atoms with van der Waals surface area (Å²) in [4.78, 5) is 0. The molecule has 2 atom stereocenters. The molecule has 5 rings (SSSR count). The van der Waals surface area contributed by atoms with Gasteiger partial charge in [0.25, 0.3) is 5.88 Å². The van der Waals surface area contributed by atoms with Gasteiger partial charge in [-0.25, -0.2) is 4.52 Å². The lowest BCUT2D eigenvalue weighted by Crippen LogP contribution is -2.55. The highest BCUT2D eigenvalue weighted by atomic mass is 16.5. The van der Waals surface area contributed by atoms with E-state index in [0.29, 0.717) is 11.9 Å². The van der Waals surface area contributed by atoms with Crippen LogP contribution in [0.2, 0.25) is 0 Å². The third kappa shape index (κ3) is 3.73. The van der Waals surface area contributed by atoms with Gasteiger partial charge in [-0.2, -0.15) is 0 Å². The zero-order valence-corrected chi connectivity index (χ0v) is 20.3. The summed E-state index contributed by atoms with van der Waals surface area (Å²) in [6.45, 7) is 4.75. The lowest BCUT2D eigenvalue weighted by atomic mass is 10.0. The minimum absolute atomic E-state index is 0.397. The molecule has 1 aromatic carbocycles. The van der Waals surface area contributed by atoms with Crippen molar-refractivity contribution in [1.29, 1.82) is 0 Å². The average Bonchev–Trinajstić information content (AvgIpc) is 3.30. The van der Waals surface area contributed by atoms with Gasteiger partial charge in [-0.3, -0.25) is 4.48 Å². The van der Waals surface area contributed by atoms with Crippen LogP contribution in [0.25, 0.3) is 16.8 Å². The van der Waals surface area contributed by atoms with Crippen molar-refractivity contribution >= 4 is 11.2 Å². The Balaban J connectivity index is 1.73. The maximum absolute atomic E-state index is 5.91. The van der Waals surface area contributed by atoms with Crippen LogP contribution in [0.5, 0.6) is 17.4 Å². The number of fused-ring (bicyclic) bond motifs is 1. The summed E-state index contributed by atoms with van der Waals surface area (Å²) in [5.74, 6) is 2.97. The third-order valence-electron chi connectivity index (χ3n) is 7.34. The van der Waals surface area contributed by atoms with Gasteiger partial charge in [0.05, 0.1) is 53.8 Å². The van der Waals surface area contributed by atoms with Crippen molar-refractivity contribution in [2.24, 2.45) is 5.92 Å². The van der Waals surface area contributed by atoms with Crippen molar-refractivity contribution in [3.63, 3.8) is 0 Å². The number of hydrogen-bond acceptors (Lipinski definition) is 5. The Hall–Kier alpha value is -2.77. The lowest BCUT2D eigenvalue weighted by Gasteiger charge is -2.38. The highest BCUT2D eigenvalue weighted by Gasteiger charge is 2.46. The van der Waals surface area contributed by atoms with Crippen LogP contribution >= 0.6 is 0 Å². The first kappa shape index (κ1) is 22.0. The number of hydrogen-bond donors (Lipinski definition) is 0. The van der Waals surface area contributed by atoms with E-state index < -0.39 is 0 Å². The predicted octanol–water partition coefficient (Wildman–Crippen LogP) is 4.47. The van der Waals surface area contributed by atoms with E-state index in [-0.39, 0.29) is 0 Å². The van der Waals surface area contributed by atoms with Crippen molar-refractivity contribution in [1.82, 2.24) is 14.1 Å². The maximum Gasteiger partial charge on any atom is 0.296 e. The van der Waals surface area contributed by atoms with Gasteiger partial charge in [-0.15, -0.1) is 5.10 Å². The quantitative estimate of drug-likeness (QED) is 0.472. The molecule has 176 valence electrons. The number of benzene rings is 1. The highest BCUT2D eigenvalue weighted by molar-refractivity contribution is 5.82. The van der Waals surface area contributed by atoms with E-state index in [1.807, 2.05) is 16.6 Å². The summed E-state index contributed by atoms with van der Waals surface area (Å²) in [7, 11) is 7.42. The van der Waals surface area contributed by atoms with Crippen LogP contribution in [0.15, 0.2) is 30.3 Å². The highest BCUT2D eigenvalue weighted by Crippen LogP contribution is 2.45. The topological polar surface area (TPSA) is 54.2 Å². The van der Waals surface area contributed by atoms with Crippen LogP contribution in [0.1, 0.15) is 24.8 Å². The smallest absolute Gasteiger partial charge is 0.296 e. The molecule has 3 heterocycles. The van der Waals surface area contributed by atoms with Gasteiger partial charge >= 0.3 is 0 Å². The monoisotopic (exact) mass is 452 g/mol. The SMILES string of the molecule is COc1cc(C)c(-c2cccc3c([N+](C)(CC4CC4)C4CCOC4)c(OC)nn23)c(OC)c1. The zero-order valence-electron chi connectivity index (χ0n) is 20.3. The van der Waals surface area contributed by atoms with E-state index in [4.69, 9.17) is 24.0 Å². The third-order valence-corrected chi connectivity index (χ3v) is 7.34. The first-order chi connectivity index (χ1) is 16.0. The van der Waals surface area contributed by atoms with Gasteiger partial charge in [-0.05, 0) is 43.5 Å². The van der Waals surface area contributed by atoms with E-state index in [9.17, 15) is 0 Å². The van der Waals surface area contributed by atoms with E-state index >= 15 is 0 Å². The van der Waals surface area contributed by atoms with E-state index in [2.05, 4.69) is 32.2 Å². The van der Waals surface area contributed by atoms with Gasteiger partial charge in [0, 0.05) is 24.0 Å². The van der Waals surface area contributed by atoms with Crippen LogP contribution in [-0.2, 0) is 4.74 Å². The number of ether oxygens (including phenoxy) is 4. The number of pyridine rings is 1. The number of nitrogens with zero attached hydrogens (tertiary/aromatic N) is 3. The Morgan fingerprint density at radius 3 is 2.55 bits per heavy atom. The summed E-state index contributed by atoms with van der Waals surface area (Å²) >= 11 is 0. The molecule has 0 spiro atoms. The summed E-state index contributed by atoms with van der Waals surface area (Å²) in [5, 5.41) is 4.98. The maximum atomic E-state index is 5.91. The Bertz CT molecular complexity index is 1160. The molecule has 2 unspecified atom stereocenters. The molecule has 3 aromatic rings. The Morgan fingerprint density at radius 2 is 1.91 bits per heavy atom. The standard InChI is InChI=1S/C26H34N3O4/c1-17-13-20(30-3)14-23(31-4)24(17)21-7-6-8-22-25(26(32-5)27-28(21)22)29(2,15-18-9-10-18)19-11-12-33-16-19/h6-8,13-14,18-19H,9-12,15-16H2,1-5H3/q+1. The number of likely N-dealkylation sites (N-methyl/N-ethyl adjacent to an activating group) is 1. The van der Waals surface area contributed by atoms with Crippen molar-refractivity contribution in [2.75, 3.05) is 48.1 Å². The Kier molecular flexibility index (Phi) is 5.70. The first-order valence-electron chi connectivity index (χ1n) is 11.7. The minimum Gasteiger partial charge on any atom is -0.497 e. The molecule has 2 aliphatic rings. The molecule has 7 heteroatoms. The molecule has 1 aliphatic heterocycles. The molecule has 0 bridgehead atoms. The fraction of sp³-hybridized carbons (Fsp3) is 0.500. The molecular weight excluding hydrogens is 418 g/mol. The summed E-state index contributed by atoms with van der Waals surface area (Å²) in [6.07, 6.45) is 3.65. The number of quaternary nitrogens is 1. The van der Waals surface area contributed by atoms with E-state index in [0.717, 1.165) is 76.1 Å². The number of rotatable bonds is 8. The van der Waals surface area contributed by atoms with E-state index in [1.165, 1.54) is 12.8 Å². The van der Waals surface area contributed by atoms with Gasteiger partial charge in [0.15, 0.2) is 0 Å². The van der Waals surface area contributed by atoms with Crippen LogP contribution < -0.4 is 18.7 Å². The van der Waals surface area contributed by atoms with Gasteiger partial charge in [0.1, 0.15) is 23.1 Å². The zero-order chi connectivity index (χ0) is 23.2. The van der Waals surface area contributed by atoms with Crippen molar-refractivity contribution < 1.29 is 18.9 Å². The summed E-state index contributed by atoms with van der Waals surface area (Å²) < 4.78 is 25.8. The Morgan fingerprint density at radius 1 is 1.09 bits per heavy atom. The predicted molar refractivity (Wildman–Crippen MR) is 130 cm³/mol. The molecule has 2 fully saturated rings. The van der Waals surface area contributed by atoms with E-state index in [1.54, 1.807) is 21.3 Å². The molecule has 7 nitrogen and oxygen atoms in total. The number of methoxy groups -OCH3 is 3. The van der Waals surface area contributed by atoms with Crippen LogP contribution in [-0.4, -0.2) is 63.8 Å². The van der Waals surface area contributed by atoms with Crippen molar-refractivity contribution in [3.05, 3.63) is 35.9 Å². The second-order valence-corrected chi connectivity index (χ2v) is 9.50. The first-order valence-corrected chi connectivity index (χ1v) is 11.7. The van der Waals surface area contributed by atoms with Crippen LogP contribution in [0.3, 0.4) is 0 Å². The largest absolute Gasteiger partial charge is 0.497 e. The summed E-state index contributed by atoms with van der Waals surface area (Å²) in [5.41, 5.74) is 5.24. The fourth-order valence-corrected chi connectivity index (χ4v) is 5.40.